The summed E-state index contributed by atoms with van der Waals surface area (Å²) in [5.74, 6) is 3.27. The number of piperidine rings is 2. The molecule has 2 rings (SSSR count). The Bertz CT molecular complexity index is 497. The number of carbonyl (C=O) groups excluding carboxylic acids is 2. The van der Waals surface area contributed by atoms with Gasteiger partial charge in [0.1, 0.15) is 0 Å². The van der Waals surface area contributed by atoms with E-state index in [9.17, 15) is 9.59 Å². The first-order valence-corrected chi connectivity index (χ1v) is 9.98. The van der Waals surface area contributed by atoms with E-state index in [1.165, 1.54) is 12.8 Å². The quantitative estimate of drug-likeness (QED) is 0.502. The monoisotopic (exact) mass is 363 g/mol. The van der Waals surface area contributed by atoms with Crippen LogP contribution >= 0.6 is 0 Å². The van der Waals surface area contributed by atoms with Gasteiger partial charge in [-0.15, -0.1) is 6.42 Å². The van der Waals surface area contributed by atoms with Crippen molar-refractivity contribution in [2.24, 2.45) is 5.92 Å². The SMILES string of the molecule is C#C[C@H](CC(=O)OCC)N[C@@H]1CCCN(C(=O)CCC2CCNCC2)C1. The fourth-order valence-electron chi connectivity index (χ4n) is 3.83. The molecule has 146 valence electrons. The molecule has 1 amide bonds. The number of nitrogens with one attached hydrogen (secondary N) is 2. The fraction of sp³-hybridized carbons (Fsp3) is 0.800. The Morgan fingerprint density at radius 1 is 1.35 bits per heavy atom. The van der Waals surface area contributed by atoms with Crippen molar-refractivity contribution >= 4 is 11.9 Å². The fourth-order valence-corrected chi connectivity index (χ4v) is 3.83. The van der Waals surface area contributed by atoms with E-state index in [4.69, 9.17) is 11.2 Å². The van der Waals surface area contributed by atoms with Crippen LogP contribution < -0.4 is 10.6 Å². The third-order valence-electron chi connectivity index (χ3n) is 5.31. The molecule has 2 N–H and O–H groups in total. The Hall–Kier alpha value is -1.58. The highest BCUT2D eigenvalue weighted by atomic mass is 16.5. The van der Waals surface area contributed by atoms with Crippen molar-refractivity contribution < 1.29 is 14.3 Å². The lowest BCUT2D eigenvalue weighted by molar-refractivity contribution is -0.143. The van der Waals surface area contributed by atoms with Gasteiger partial charge in [0.25, 0.3) is 0 Å². The molecule has 0 aromatic heterocycles. The number of hydrogen-bond acceptors (Lipinski definition) is 5. The number of nitrogens with zero attached hydrogens (tertiary/aromatic N) is 1. The van der Waals surface area contributed by atoms with Gasteiger partial charge in [-0.1, -0.05) is 5.92 Å². The van der Waals surface area contributed by atoms with Crippen molar-refractivity contribution in [3.63, 3.8) is 0 Å². The largest absolute Gasteiger partial charge is 0.466 e. The second-order valence-electron chi connectivity index (χ2n) is 7.31. The summed E-state index contributed by atoms with van der Waals surface area (Å²) in [6.07, 6.45) is 11.6. The standard InChI is InChI=1S/C20H33N3O3/c1-3-17(14-20(25)26-4-2)22-18-6-5-13-23(15-18)19(24)8-7-16-9-11-21-12-10-16/h1,16-18,21-22H,4-15H2,2H3/t17-,18-/m1/s1. The summed E-state index contributed by atoms with van der Waals surface area (Å²) in [5, 5.41) is 6.71. The van der Waals surface area contributed by atoms with Gasteiger partial charge in [0, 0.05) is 25.6 Å². The molecule has 0 aromatic carbocycles. The van der Waals surface area contributed by atoms with Gasteiger partial charge in [-0.2, -0.15) is 0 Å². The molecule has 2 saturated heterocycles. The maximum absolute atomic E-state index is 12.6. The molecule has 0 aromatic rings. The minimum atomic E-state index is -0.344. The van der Waals surface area contributed by atoms with E-state index in [1.54, 1.807) is 6.92 Å². The van der Waals surface area contributed by atoms with Crippen LogP contribution in [0.3, 0.4) is 0 Å². The molecular formula is C20H33N3O3. The van der Waals surface area contributed by atoms with E-state index in [0.717, 1.165) is 38.9 Å². The van der Waals surface area contributed by atoms with Crippen molar-refractivity contribution in [1.82, 2.24) is 15.5 Å². The topological polar surface area (TPSA) is 70.7 Å². The Morgan fingerprint density at radius 3 is 2.81 bits per heavy atom. The van der Waals surface area contributed by atoms with Crippen molar-refractivity contribution in [2.75, 3.05) is 32.8 Å². The highest BCUT2D eigenvalue weighted by Crippen LogP contribution is 2.20. The molecule has 0 bridgehead atoms. The Balaban J connectivity index is 1.75. The van der Waals surface area contributed by atoms with Crippen LogP contribution in [-0.2, 0) is 14.3 Å². The average molecular weight is 364 g/mol. The second-order valence-corrected chi connectivity index (χ2v) is 7.31. The van der Waals surface area contributed by atoms with Crippen LogP contribution in [0.15, 0.2) is 0 Å². The van der Waals surface area contributed by atoms with Gasteiger partial charge in [-0.25, -0.2) is 0 Å². The molecule has 2 atom stereocenters. The summed E-state index contributed by atoms with van der Waals surface area (Å²) in [4.78, 5) is 26.2. The lowest BCUT2D eigenvalue weighted by Gasteiger charge is -2.35. The lowest BCUT2D eigenvalue weighted by Crippen LogP contribution is -2.51. The van der Waals surface area contributed by atoms with E-state index in [1.807, 2.05) is 4.90 Å². The third-order valence-corrected chi connectivity index (χ3v) is 5.31. The smallest absolute Gasteiger partial charge is 0.308 e. The third kappa shape index (κ3) is 6.97. The van der Waals surface area contributed by atoms with E-state index >= 15 is 0 Å². The molecule has 2 fully saturated rings. The number of terminal acetylenes is 1. The minimum absolute atomic E-state index is 0.141. The van der Waals surface area contributed by atoms with Gasteiger partial charge in [0.15, 0.2) is 0 Å². The van der Waals surface area contributed by atoms with Crippen molar-refractivity contribution in [1.29, 1.82) is 0 Å². The van der Waals surface area contributed by atoms with Gasteiger partial charge in [0.05, 0.1) is 19.1 Å². The summed E-state index contributed by atoms with van der Waals surface area (Å²) in [6, 6.07) is -0.203. The number of esters is 1. The van der Waals surface area contributed by atoms with Gasteiger partial charge in [0.2, 0.25) is 5.91 Å². The first-order chi connectivity index (χ1) is 12.6. The zero-order valence-corrected chi connectivity index (χ0v) is 16.0. The number of amides is 1. The number of hydrogen-bond donors (Lipinski definition) is 2. The lowest BCUT2D eigenvalue weighted by atomic mass is 9.92. The van der Waals surface area contributed by atoms with Crippen LogP contribution in [-0.4, -0.2) is 61.6 Å². The maximum Gasteiger partial charge on any atom is 0.308 e. The summed E-state index contributed by atoms with van der Waals surface area (Å²) >= 11 is 0. The Morgan fingerprint density at radius 2 is 2.12 bits per heavy atom. The van der Waals surface area contributed by atoms with Gasteiger partial charge < -0.3 is 15.0 Å². The maximum atomic E-state index is 12.6. The average Bonchev–Trinajstić information content (AvgIpc) is 2.66. The van der Waals surface area contributed by atoms with Crippen LogP contribution in [0.4, 0.5) is 0 Å². The molecule has 0 radical (unpaired) electrons. The minimum Gasteiger partial charge on any atom is -0.466 e. The Kier molecular flexibility index (Phi) is 8.93. The summed E-state index contributed by atoms with van der Waals surface area (Å²) in [7, 11) is 0. The molecule has 2 aliphatic rings. The summed E-state index contributed by atoms with van der Waals surface area (Å²) in [6.45, 7) is 5.78. The Labute approximate surface area is 157 Å². The summed E-state index contributed by atoms with van der Waals surface area (Å²) < 4.78 is 4.97. The molecule has 0 aliphatic carbocycles. The molecule has 2 aliphatic heterocycles. The van der Waals surface area contributed by atoms with Crippen molar-refractivity contribution in [3.8, 4) is 12.3 Å². The molecule has 0 spiro atoms. The van der Waals surface area contributed by atoms with Crippen molar-refractivity contribution in [3.05, 3.63) is 0 Å². The predicted molar refractivity (Wildman–Crippen MR) is 101 cm³/mol. The number of rotatable bonds is 8. The molecule has 6 heteroatoms. The van der Waals surface area contributed by atoms with E-state index in [0.29, 0.717) is 25.5 Å². The molecule has 26 heavy (non-hydrogen) atoms. The van der Waals surface area contributed by atoms with Crippen LogP contribution in [0, 0.1) is 18.3 Å². The number of carbonyl (C=O) groups is 2. The molecule has 0 unspecified atom stereocenters. The van der Waals surface area contributed by atoms with E-state index in [-0.39, 0.29) is 30.4 Å². The predicted octanol–water partition coefficient (Wildman–Crippen LogP) is 1.30. The highest BCUT2D eigenvalue weighted by Gasteiger charge is 2.26. The second kappa shape index (κ2) is 11.2. The molecule has 6 nitrogen and oxygen atoms in total. The van der Waals surface area contributed by atoms with Crippen molar-refractivity contribution in [2.45, 2.75) is 64.0 Å². The molecule has 0 saturated carbocycles. The number of likely N-dealkylation sites (tertiary alicyclic amines) is 1. The first-order valence-electron chi connectivity index (χ1n) is 9.98. The number of ether oxygens (including phenoxy) is 1. The normalized spacial score (nSPS) is 22.5. The van der Waals surface area contributed by atoms with E-state index < -0.39 is 0 Å². The zero-order valence-electron chi connectivity index (χ0n) is 16.0. The van der Waals surface area contributed by atoms with Crippen LogP contribution in [0.1, 0.15) is 51.9 Å². The van der Waals surface area contributed by atoms with Crippen LogP contribution in [0.5, 0.6) is 0 Å². The zero-order chi connectivity index (χ0) is 18.8. The van der Waals surface area contributed by atoms with Gasteiger partial charge >= 0.3 is 5.97 Å². The van der Waals surface area contributed by atoms with Crippen LogP contribution in [0.25, 0.3) is 0 Å². The van der Waals surface area contributed by atoms with E-state index in [2.05, 4.69) is 16.6 Å². The van der Waals surface area contributed by atoms with Gasteiger partial charge in [-0.3, -0.25) is 14.9 Å². The molecular weight excluding hydrogens is 330 g/mol. The first kappa shape index (κ1) is 20.7. The highest BCUT2D eigenvalue weighted by molar-refractivity contribution is 5.76. The van der Waals surface area contributed by atoms with Gasteiger partial charge in [-0.05, 0) is 58.0 Å². The summed E-state index contributed by atoms with van der Waals surface area (Å²) in [5.41, 5.74) is 0. The van der Waals surface area contributed by atoms with Crippen LogP contribution in [0.2, 0.25) is 0 Å². The molecule has 2 heterocycles.